The van der Waals surface area contributed by atoms with Gasteiger partial charge in [-0.1, -0.05) is 30.0 Å². The highest BCUT2D eigenvalue weighted by molar-refractivity contribution is 7.99. The van der Waals surface area contributed by atoms with Gasteiger partial charge in [0.05, 0.1) is 16.3 Å². The van der Waals surface area contributed by atoms with Crippen LogP contribution < -0.4 is 0 Å². The van der Waals surface area contributed by atoms with Gasteiger partial charge >= 0.3 is 0 Å². The van der Waals surface area contributed by atoms with E-state index in [4.69, 9.17) is 0 Å². The molecule has 1 aliphatic rings. The fraction of sp³-hybridized carbons (Fsp3) is 0.333. The molecule has 3 aromatic rings. The molecule has 0 saturated carbocycles. The minimum atomic E-state index is -3.81. The van der Waals surface area contributed by atoms with Crippen LogP contribution in [0.3, 0.4) is 0 Å². The van der Waals surface area contributed by atoms with E-state index in [1.165, 1.54) is 34.3 Å². The number of sulfonamides is 1. The van der Waals surface area contributed by atoms with Crippen LogP contribution >= 0.6 is 11.8 Å². The Hall–Kier alpha value is -2.83. The van der Waals surface area contributed by atoms with E-state index in [1.807, 2.05) is 32.0 Å². The van der Waals surface area contributed by atoms with Crippen molar-refractivity contribution in [1.29, 1.82) is 0 Å². The molecule has 0 N–H and O–H groups in total. The number of carbonyl (C=O) groups is 1. The third-order valence-corrected chi connectivity index (χ3v) is 8.39. The average molecular weight is 491 g/mol. The maximum atomic E-state index is 13.5. The molecule has 174 valence electrons. The van der Waals surface area contributed by atoms with Gasteiger partial charge < -0.3 is 4.90 Å². The number of aromatic nitrogens is 4. The van der Waals surface area contributed by atoms with E-state index < -0.39 is 15.8 Å². The number of aryl methyl sites for hydroxylation is 1. The highest BCUT2D eigenvalue weighted by atomic mass is 32.2. The topological polar surface area (TPSA) is 101 Å². The van der Waals surface area contributed by atoms with Gasteiger partial charge in [-0.25, -0.2) is 12.8 Å². The quantitative estimate of drug-likeness (QED) is 0.488. The zero-order chi connectivity index (χ0) is 23.6. The summed E-state index contributed by atoms with van der Waals surface area (Å²) in [5.41, 5.74) is 3.01. The lowest BCUT2D eigenvalue weighted by atomic mass is 10.1. The molecule has 0 unspecified atom stereocenters. The summed E-state index contributed by atoms with van der Waals surface area (Å²) in [5.74, 6) is -0.606. The molecule has 0 radical (unpaired) electrons. The number of hydrogen-bond donors (Lipinski definition) is 0. The van der Waals surface area contributed by atoms with Gasteiger partial charge in [0.1, 0.15) is 5.82 Å². The lowest BCUT2D eigenvalue weighted by Gasteiger charge is -2.34. The van der Waals surface area contributed by atoms with E-state index in [-0.39, 0.29) is 42.7 Å². The summed E-state index contributed by atoms with van der Waals surface area (Å²) in [6.07, 6.45) is 0. The Bertz CT molecular complexity index is 1270. The molecule has 9 nitrogen and oxygen atoms in total. The zero-order valence-electron chi connectivity index (χ0n) is 18.2. The molecule has 2 heterocycles. The van der Waals surface area contributed by atoms with Crippen LogP contribution in [0, 0.1) is 19.7 Å². The SMILES string of the molecule is Cc1cccc(-n2nnnc2SCC(=O)N2CCN(S(=O)(=O)c3cccc(F)c3)CC2)c1C. The second-order valence-corrected chi connectivity index (χ2v) is 10.5. The highest BCUT2D eigenvalue weighted by Gasteiger charge is 2.30. The molecule has 1 aromatic heterocycles. The van der Waals surface area contributed by atoms with Crippen LogP contribution in [-0.4, -0.2) is 75.7 Å². The van der Waals surface area contributed by atoms with Crippen molar-refractivity contribution in [3.8, 4) is 5.69 Å². The number of tetrazole rings is 1. The largest absolute Gasteiger partial charge is 0.339 e. The first-order valence-electron chi connectivity index (χ1n) is 10.3. The number of hydrogen-bond acceptors (Lipinski definition) is 7. The van der Waals surface area contributed by atoms with E-state index in [2.05, 4.69) is 15.5 Å². The van der Waals surface area contributed by atoms with Gasteiger partial charge in [-0.2, -0.15) is 8.99 Å². The maximum absolute atomic E-state index is 13.5. The normalized spacial score (nSPS) is 15.1. The number of carbonyl (C=O) groups excluding carboxylic acids is 1. The Kier molecular flexibility index (Phi) is 6.77. The molecular formula is C21H23FN6O3S2. The van der Waals surface area contributed by atoms with Crippen molar-refractivity contribution in [3.05, 3.63) is 59.4 Å². The Labute approximate surface area is 195 Å². The molecular weight excluding hydrogens is 467 g/mol. The van der Waals surface area contributed by atoms with Crippen molar-refractivity contribution in [3.63, 3.8) is 0 Å². The highest BCUT2D eigenvalue weighted by Crippen LogP contribution is 2.23. The monoisotopic (exact) mass is 490 g/mol. The number of piperazine rings is 1. The van der Waals surface area contributed by atoms with Crippen molar-refractivity contribution in [2.75, 3.05) is 31.9 Å². The summed E-state index contributed by atoms with van der Waals surface area (Å²) in [4.78, 5) is 14.3. The number of benzene rings is 2. The van der Waals surface area contributed by atoms with Crippen molar-refractivity contribution >= 4 is 27.7 Å². The smallest absolute Gasteiger partial charge is 0.243 e. The van der Waals surface area contributed by atoms with Gasteiger partial charge in [-0.3, -0.25) is 4.79 Å². The Balaban J connectivity index is 1.36. The lowest BCUT2D eigenvalue weighted by molar-refractivity contribution is -0.129. The molecule has 2 aromatic carbocycles. The predicted octanol–water partition coefficient (Wildman–Crippen LogP) is 2.04. The van der Waals surface area contributed by atoms with Gasteiger partial charge in [-0.15, -0.1) is 5.10 Å². The van der Waals surface area contributed by atoms with Gasteiger partial charge in [-0.05, 0) is 59.7 Å². The van der Waals surface area contributed by atoms with E-state index in [0.29, 0.717) is 5.16 Å². The molecule has 1 amide bonds. The van der Waals surface area contributed by atoms with Crippen LogP contribution in [0.15, 0.2) is 52.5 Å². The summed E-state index contributed by atoms with van der Waals surface area (Å²) in [7, 11) is -3.81. The van der Waals surface area contributed by atoms with Gasteiger partial charge in [0.15, 0.2) is 0 Å². The summed E-state index contributed by atoms with van der Waals surface area (Å²) in [6.45, 7) is 4.81. The standard InChI is InChI=1S/C21H23FN6O3S2/c1-15-5-3-8-19(16(15)2)28-21(23-24-25-28)32-14-20(29)26-9-11-27(12-10-26)33(30,31)18-7-4-6-17(22)13-18/h3-8,13H,9-12,14H2,1-2H3. The number of amides is 1. The third kappa shape index (κ3) is 4.92. The predicted molar refractivity (Wildman–Crippen MR) is 121 cm³/mol. The average Bonchev–Trinajstić information content (AvgIpc) is 3.27. The van der Waals surface area contributed by atoms with Crippen molar-refractivity contribution in [2.24, 2.45) is 0 Å². The first-order valence-corrected chi connectivity index (χ1v) is 12.7. The Morgan fingerprint density at radius 1 is 1.09 bits per heavy atom. The molecule has 1 aliphatic heterocycles. The van der Waals surface area contributed by atoms with Crippen LogP contribution in [0.2, 0.25) is 0 Å². The second-order valence-electron chi connectivity index (χ2n) is 7.62. The zero-order valence-corrected chi connectivity index (χ0v) is 19.8. The minimum absolute atomic E-state index is 0.0869. The van der Waals surface area contributed by atoms with Gasteiger partial charge in [0.25, 0.3) is 0 Å². The van der Waals surface area contributed by atoms with E-state index >= 15 is 0 Å². The third-order valence-electron chi connectivity index (χ3n) is 5.60. The molecule has 0 spiro atoms. The summed E-state index contributed by atoms with van der Waals surface area (Å²) < 4.78 is 41.8. The number of halogens is 1. The number of rotatable bonds is 6. The molecule has 12 heteroatoms. The lowest BCUT2D eigenvalue weighted by Crippen LogP contribution is -2.51. The first kappa shape index (κ1) is 23.3. The van der Waals surface area contributed by atoms with Gasteiger partial charge in [0.2, 0.25) is 21.1 Å². The molecule has 0 atom stereocenters. The fourth-order valence-corrected chi connectivity index (χ4v) is 5.80. The second kappa shape index (κ2) is 9.57. The minimum Gasteiger partial charge on any atom is -0.339 e. The molecule has 33 heavy (non-hydrogen) atoms. The van der Waals surface area contributed by atoms with Crippen molar-refractivity contribution in [2.45, 2.75) is 23.9 Å². The van der Waals surface area contributed by atoms with Crippen LogP contribution in [0.1, 0.15) is 11.1 Å². The molecule has 0 bridgehead atoms. The van der Waals surface area contributed by atoms with Crippen LogP contribution in [-0.2, 0) is 14.8 Å². The van der Waals surface area contributed by atoms with Crippen molar-refractivity contribution < 1.29 is 17.6 Å². The molecule has 1 fully saturated rings. The summed E-state index contributed by atoms with van der Waals surface area (Å²) in [6, 6.07) is 10.8. The molecule has 4 rings (SSSR count). The van der Waals surface area contributed by atoms with Crippen LogP contribution in [0.5, 0.6) is 0 Å². The summed E-state index contributed by atoms with van der Waals surface area (Å²) in [5, 5.41) is 12.4. The van der Waals surface area contributed by atoms with E-state index in [0.717, 1.165) is 22.9 Å². The summed E-state index contributed by atoms with van der Waals surface area (Å²) >= 11 is 1.23. The van der Waals surface area contributed by atoms with E-state index in [1.54, 1.807) is 9.58 Å². The number of thioether (sulfide) groups is 1. The Morgan fingerprint density at radius 2 is 1.82 bits per heavy atom. The van der Waals surface area contributed by atoms with Crippen LogP contribution in [0.4, 0.5) is 4.39 Å². The molecule has 0 aliphatic carbocycles. The van der Waals surface area contributed by atoms with E-state index in [9.17, 15) is 17.6 Å². The molecule has 1 saturated heterocycles. The fourth-order valence-electron chi connectivity index (χ4n) is 3.56. The van der Waals surface area contributed by atoms with Crippen molar-refractivity contribution in [1.82, 2.24) is 29.4 Å². The number of nitrogens with zero attached hydrogens (tertiary/aromatic N) is 6. The Morgan fingerprint density at radius 3 is 2.55 bits per heavy atom. The first-order chi connectivity index (χ1) is 15.8. The van der Waals surface area contributed by atoms with Crippen LogP contribution in [0.25, 0.3) is 5.69 Å². The maximum Gasteiger partial charge on any atom is 0.243 e. The van der Waals surface area contributed by atoms with Gasteiger partial charge in [0, 0.05) is 26.2 Å².